The van der Waals surface area contributed by atoms with Crippen LogP contribution in [0.15, 0.2) is 67.3 Å². The molecule has 194 valence electrons. The number of fused-ring (bicyclic) bond motifs is 1. The Morgan fingerprint density at radius 2 is 1.89 bits per heavy atom. The molecule has 1 atom stereocenters. The van der Waals surface area contributed by atoms with Crippen molar-refractivity contribution in [1.82, 2.24) is 19.4 Å². The minimum atomic E-state index is -1.77. The zero-order chi connectivity index (χ0) is 27.0. The first-order chi connectivity index (χ1) is 18.2. The van der Waals surface area contributed by atoms with E-state index in [1.807, 2.05) is 0 Å². The number of aliphatic hydroxyl groups is 1. The van der Waals surface area contributed by atoms with Crippen LogP contribution in [-0.4, -0.2) is 49.4 Å². The maximum absolute atomic E-state index is 16.1. The van der Waals surface area contributed by atoms with Gasteiger partial charge in [0.15, 0.2) is 5.72 Å². The van der Waals surface area contributed by atoms with E-state index in [9.17, 15) is 14.7 Å². The minimum absolute atomic E-state index is 0.0320. The molecule has 3 heterocycles. The number of halogens is 3. The number of aromatic nitrogens is 3. The molecular formula is C27H21Cl2FN4O4. The van der Waals surface area contributed by atoms with E-state index in [1.165, 1.54) is 29.7 Å². The average Bonchev–Trinajstić information content (AvgIpc) is 3.44. The Kier molecular flexibility index (Phi) is 7.02. The second-order valence-corrected chi connectivity index (χ2v) is 9.56. The maximum Gasteiger partial charge on any atom is 0.257 e. The summed E-state index contributed by atoms with van der Waals surface area (Å²) in [5.74, 6) is -1.93. The third-order valence-electron chi connectivity index (χ3n) is 6.25. The fourth-order valence-corrected chi connectivity index (χ4v) is 4.86. The Labute approximate surface area is 227 Å². The van der Waals surface area contributed by atoms with Crippen molar-refractivity contribution in [3.8, 4) is 0 Å². The van der Waals surface area contributed by atoms with Crippen LogP contribution in [0.25, 0.3) is 0 Å². The van der Waals surface area contributed by atoms with E-state index in [2.05, 4.69) is 9.97 Å². The molecule has 1 amide bonds. The van der Waals surface area contributed by atoms with Gasteiger partial charge in [-0.25, -0.2) is 14.4 Å². The van der Waals surface area contributed by atoms with Crippen molar-refractivity contribution >= 4 is 34.9 Å². The number of rotatable bonds is 8. The van der Waals surface area contributed by atoms with Gasteiger partial charge in [0, 0.05) is 35.6 Å². The summed E-state index contributed by atoms with van der Waals surface area (Å²) in [7, 11) is 1.71. The van der Waals surface area contributed by atoms with Crippen molar-refractivity contribution < 1.29 is 23.8 Å². The number of pyridine rings is 1. The number of nitrogens with zero attached hydrogens (tertiary/aromatic N) is 4. The van der Waals surface area contributed by atoms with Gasteiger partial charge in [0.1, 0.15) is 16.7 Å². The molecule has 0 saturated carbocycles. The van der Waals surface area contributed by atoms with E-state index in [1.54, 1.807) is 48.0 Å². The van der Waals surface area contributed by atoms with E-state index in [-0.39, 0.29) is 47.3 Å². The third-order valence-corrected chi connectivity index (χ3v) is 6.73. The van der Waals surface area contributed by atoms with Gasteiger partial charge in [0.05, 0.1) is 37.2 Å². The third kappa shape index (κ3) is 4.48. The molecule has 8 nitrogen and oxygen atoms in total. The highest BCUT2D eigenvalue weighted by atomic mass is 35.5. The highest BCUT2D eigenvalue weighted by Crippen LogP contribution is 2.48. The Balaban J connectivity index is 1.72. The number of benzene rings is 2. The number of carbonyl (C=O) groups excluding carboxylic acids is 2. The minimum Gasteiger partial charge on any atom is -0.394 e. The Bertz CT molecular complexity index is 1530. The second kappa shape index (κ2) is 10.3. The van der Waals surface area contributed by atoms with E-state index >= 15 is 4.39 Å². The molecular weight excluding hydrogens is 534 g/mol. The lowest BCUT2D eigenvalue weighted by Gasteiger charge is -2.39. The molecule has 0 saturated heterocycles. The number of aryl methyl sites for hydroxylation is 1. The molecule has 2 aromatic heterocycles. The zero-order valence-corrected chi connectivity index (χ0v) is 21.6. The highest BCUT2D eigenvalue weighted by molar-refractivity contribution is 6.30. The molecule has 2 aromatic carbocycles. The summed E-state index contributed by atoms with van der Waals surface area (Å²) in [5, 5.41) is 10.3. The normalized spacial score (nSPS) is 16.7. The van der Waals surface area contributed by atoms with Gasteiger partial charge in [-0.1, -0.05) is 41.4 Å². The van der Waals surface area contributed by atoms with Crippen LogP contribution in [0.3, 0.4) is 0 Å². The summed E-state index contributed by atoms with van der Waals surface area (Å²) in [6.45, 7) is -0.624. The van der Waals surface area contributed by atoms with Crippen LogP contribution in [0.4, 0.5) is 4.39 Å². The van der Waals surface area contributed by atoms with Crippen LogP contribution in [-0.2, 0) is 24.1 Å². The number of ether oxygens (including phenoxy) is 1. The summed E-state index contributed by atoms with van der Waals surface area (Å²) in [6.07, 6.45) is 4.47. The molecule has 0 aliphatic carbocycles. The lowest BCUT2D eigenvalue weighted by molar-refractivity contribution is -0.120. The second-order valence-electron chi connectivity index (χ2n) is 8.74. The predicted octanol–water partition coefficient (Wildman–Crippen LogP) is 4.36. The number of aliphatic hydroxyl groups excluding tert-OH is 1. The zero-order valence-electron chi connectivity index (χ0n) is 20.1. The van der Waals surface area contributed by atoms with Crippen molar-refractivity contribution in [2.24, 2.45) is 7.05 Å². The van der Waals surface area contributed by atoms with Crippen molar-refractivity contribution in [3.63, 3.8) is 0 Å². The maximum atomic E-state index is 16.1. The monoisotopic (exact) mass is 554 g/mol. The molecule has 5 rings (SSSR count). The largest absolute Gasteiger partial charge is 0.394 e. The van der Waals surface area contributed by atoms with Crippen molar-refractivity contribution in [2.75, 3.05) is 13.2 Å². The fourth-order valence-electron chi connectivity index (χ4n) is 4.62. The standard InChI is InChI=1S/C27H21Cl2FN4O4/c1-33-14-22(32-15-33)25(36)17-10-20-24(21(30)11-17)27(38-9-8-35,18-3-5-19(28)6-4-18)34(26(20)37)13-16-2-7-23(29)31-12-16/h2-7,10-12,14-15,35H,8-9,13H2,1H3/t27-/m1/s1. The Morgan fingerprint density at radius 1 is 1.13 bits per heavy atom. The van der Waals surface area contributed by atoms with Gasteiger partial charge in [0.25, 0.3) is 5.91 Å². The van der Waals surface area contributed by atoms with Crippen LogP contribution in [0.5, 0.6) is 0 Å². The first-order valence-corrected chi connectivity index (χ1v) is 12.3. The topological polar surface area (TPSA) is 97.6 Å². The van der Waals surface area contributed by atoms with Gasteiger partial charge in [0.2, 0.25) is 5.78 Å². The van der Waals surface area contributed by atoms with Gasteiger partial charge in [-0.3, -0.25) is 14.5 Å². The van der Waals surface area contributed by atoms with Crippen LogP contribution in [0.1, 0.15) is 43.1 Å². The lowest BCUT2D eigenvalue weighted by Crippen LogP contribution is -2.47. The molecule has 11 heteroatoms. The number of amides is 1. The van der Waals surface area contributed by atoms with Gasteiger partial charge >= 0.3 is 0 Å². The molecule has 1 aliphatic heterocycles. The van der Waals surface area contributed by atoms with Gasteiger partial charge in [-0.15, -0.1) is 0 Å². The molecule has 1 aliphatic rings. The van der Waals surface area contributed by atoms with Crippen LogP contribution in [0, 0.1) is 5.82 Å². The van der Waals surface area contributed by atoms with Crippen LogP contribution < -0.4 is 0 Å². The van der Waals surface area contributed by atoms with Crippen LogP contribution in [0.2, 0.25) is 10.2 Å². The quantitative estimate of drug-likeness (QED) is 0.257. The molecule has 0 radical (unpaired) electrons. The Hall–Kier alpha value is -3.63. The summed E-state index contributed by atoms with van der Waals surface area (Å²) in [5.41, 5.74) is -0.788. The number of carbonyl (C=O) groups is 2. The molecule has 38 heavy (non-hydrogen) atoms. The first-order valence-electron chi connectivity index (χ1n) is 11.5. The van der Waals surface area contributed by atoms with E-state index < -0.39 is 23.2 Å². The summed E-state index contributed by atoms with van der Waals surface area (Å²) in [4.78, 5) is 36.5. The van der Waals surface area contributed by atoms with Crippen LogP contribution >= 0.6 is 23.2 Å². The molecule has 0 unspecified atom stereocenters. The SMILES string of the molecule is Cn1cnc(C(=O)c2cc(F)c3c(c2)C(=O)N(Cc2ccc(Cl)nc2)[C@@]3(OCCO)c2ccc(Cl)cc2)c1. The van der Waals surface area contributed by atoms with E-state index in [0.717, 1.165) is 6.07 Å². The molecule has 1 N–H and O–H groups in total. The van der Waals surface area contributed by atoms with Gasteiger partial charge < -0.3 is 14.4 Å². The van der Waals surface area contributed by atoms with Gasteiger partial charge in [-0.05, 0) is 35.9 Å². The number of hydrogen-bond donors (Lipinski definition) is 1. The first kappa shape index (κ1) is 26.0. The fraction of sp³-hybridized carbons (Fsp3) is 0.185. The summed E-state index contributed by atoms with van der Waals surface area (Å²) < 4.78 is 23.9. The smallest absolute Gasteiger partial charge is 0.257 e. The van der Waals surface area contributed by atoms with E-state index in [4.69, 9.17) is 27.9 Å². The average molecular weight is 555 g/mol. The van der Waals surface area contributed by atoms with E-state index in [0.29, 0.717) is 16.1 Å². The molecule has 0 spiro atoms. The number of hydrogen-bond acceptors (Lipinski definition) is 6. The van der Waals surface area contributed by atoms with Crippen molar-refractivity contribution in [2.45, 2.75) is 12.3 Å². The summed E-state index contributed by atoms with van der Waals surface area (Å²) in [6, 6.07) is 12.1. The number of ketones is 1. The van der Waals surface area contributed by atoms with Crippen molar-refractivity contribution in [1.29, 1.82) is 0 Å². The predicted molar refractivity (Wildman–Crippen MR) is 137 cm³/mol. The molecule has 4 aromatic rings. The summed E-state index contributed by atoms with van der Waals surface area (Å²) >= 11 is 12.1. The number of imidazole rings is 1. The highest BCUT2D eigenvalue weighted by Gasteiger charge is 2.54. The Morgan fingerprint density at radius 3 is 2.53 bits per heavy atom. The van der Waals surface area contributed by atoms with Gasteiger partial charge in [-0.2, -0.15) is 0 Å². The van der Waals surface area contributed by atoms with Crippen molar-refractivity contribution in [3.05, 3.63) is 117 Å². The lowest BCUT2D eigenvalue weighted by atomic mass is 9.91. The molecule has 0 bridgehead atoms. The molecule has 0 fully saturated rings.